The van der Waals surface area contributed by atoms with E-state index in [1.54, 1.807) is 0 Å². The summed E-state index contributed by atoms with van der Waals surface area (Å²) >= 11 is 2.37. The predicted molar refractivity (Wildman–Crippen MR) is 58.7 cm³/mol. The Morgan fingerprint density at radius 2 is 2.23 bits per heavy atom. The number of fused-ring (bicyclic) bond motifs is 1. The van der Waals surface area contributed by atoms with Crippen molar-refractivity contribution < 1.29 is 4.39 Å². The minimum atomic E-state index is -0.118. The predicted octanol–water partition coefficient (Wildman–Crippen LogP) is 2.68. The van der Waals surface area contributed by atoms with Crippen LogP contribution in [0.25, 0.3) is 0 Å². The second-order valence-electron chi connectivity index (χ2n) is 3.58. The maximum atomic E-state index is 13.3. The fraction of sp³-hybridized carbons (Fsp3) is 0.500. The summed E-state index contributed by atoms with van der Waals surface area (Å²) in [7, 11) is 0. The van der Waals surface area contributed by atoms with Crippen molar-refractivity contribution in [3.8, 4) is 0 Å². The first-order valence-electron chi connectivity index (χ1n) is 4.41. The third-order valence-electron chi connectivity index (χ3n) is 2.66. The van der Waals surface area contributed by atoms with Crippen LogP contribution >= 0.6 is 22.6 Å². The average Bonchev–Trinajstić information content (AvgIpc) is 2.56. The molecular formula is C10H11FIN. The first-order valence-corrected chi connectivity index (χ1v) is 5.93. The highest BCUT2D eigenvalue weighted by molar-refractivity contribution is 14.1. The van der Waals surface area contributed by atoms with Crippen molar-refractivity contribution in [1.82, 2.24) is 4.98 Å². The van der Waals surface area contributed by atoms with Crippen molar-refractivity contribution >= 4 is 22.6 Å². The number of pyridine rings is 1. The van der Waals surface area contributed by atoms with Gasteiger partial charge in [0, 0.05) is 10.1 Å². The third-order valence-corrected chi connectivity index (χ3v) is 3.91. The topological polar surface area (TPSA) is 12.9 Å². The van der Waals surface area contributed by atoms with E-state index in [1.165, 1.54) is 6.20 Å². The Hall–Kier alpha value is -0.190. The molecule has 1 aromatic heterocycles. The van der Waals surface area contributed by atoms with Crippen LogP contribution in [0.15, 0.2) is 6.20 Å². The maximum Gasteiger partial charge on any atom is 0.144 e. The van der Waals surface area contributed by atoms with Gasteiger partial charge in [-0.15, -0.1) is 0 Å². The van der Waals surface area contributed by atoms with E-state index in [0.717, 1.165) is 34.1 Å². The molecule has 0 fully saturated rings. The summed E-state index contributed by atoms with van der Waals surface area (Å²) in [6.07, 6.45) is 3.26. The lowest BCUT2D eigenvalue weighted by molar-refractivity contribution is 0.590. The van der Waals surface area contributed by atoms with Crippen LogP contribution in [0.1, 0.15) is 16.8 Å². The van der Waals surface area contributed by atoms with Crippen molar-refractivity contribution in [3.63, 3.8) is 0 Å². The highest BCUT2D eigenvalue weighted by Crippen LogP contribution is 2.30. The first-order chi connectivity index (χ1) is 6.22. The second kappa shape index (κ2) is 3.52. The van der Waals surface area contributed by atoms with Crippen LogP contribution in [-0.2, 0) is 12.8 Å². The molecule has 0 spiro atoms. The minimum absolute atomic E-state index is 0.118. The number of halogens is 2. The molecule has 1 nitrogen and oxygen atoms in total. The molecule has 70 valence electrons. The van der Waals surface area contributed by atoms with E-state index in [1.807, 2.05) is 6.92 Å². The standard InChI is InChI=1S/C10H11FIN/c1-6-8-2-7(4-12)3-9(8)10(11)5-13-6/h5,7H,2-4H2,1H3/t7-/m1/s1. The minimum Gasteiger partial charge on any atom is -0.258 e. The second-order valence-corrected chi connectivity index (χ2v) is 4.46. The van der Waals surface area contributed by atoms with Gasteiger partial charge in [-0.05, 0) is 36.8 Å². The summed E-state index contributed by atoms with van der Waals surface area (Å²) in [4.78, 5) is 4.04. The molecule has 1 aliphatic carbocycles. The fourth-order valence-electron chi connectivity index (χ4n) is 1.92. The van der Waals surface area contributed by atoms with E-state index in [-0.39, 0.29) is 5.82 Å². The number of hydrogen-bond donors (Lipinski definition) is 0. The molecule has 13 heavy (non-hydrogen) atoms. The zero-order valence-corrected chi connectivity index (χ0v) is 9.64. The molecular weight excluding hydrogens is 280 g/mol. The number of aromatic nitrogens is 1. The normalized spacial score (nSPS) is 20.4. The number of nitrogens with zero attached hydrogens (tertiary/aromatic N) is 1. The number of rotatable bonds is 1. The van der Waals surface area contributed by atoms with Gasteiger partial charge in [0.2, 0.25) is 0 Å². The van der Waals surface area contributed by atoms with Gasteiger partial charge in [0.05, 0.1) is 6.20 Å². The molecule has 0 N–H and O–H groups in total. The van der Waals surface area contributed by atoms with E-state index < -0.39 is 0 Å². The highest BCUT2D eigenvalue weighted by Gasteiger charge is 2.25. The Labute approximate surface area is 90.9 Å². The largest absolute Gasteiger partial charge is 0.258 e. The average molecular weight is 291 g/mol. The molecule has 0 aromatic carbocycles. The Morgan fingerprint density at radius 1 is 1.54 bits per heavy atom. The fourth-order valence-corrected chi connectivity index (χ4v) is 2.54. The quantitative estimate of drug-likeness (QED) is 0.572. The molecule has 1 atom stereocenters. The van der Waals surface area contributed by atoms with Crippen molar-refractivity contribution in [2.24, 2.45) is 5.92 Å². The molecule has 0 radical (unpaired) electrons. The summed E-state index contributed by atoms with van der Waals surface area (Å²) < 4.78 is 14.4. The van der Waals surface area contributed by atoms with Crippen molar-refractivity contribution in [1.29, 1.82) is 0 Å². The van der Waals surface area contributed by atoms with E-state index >= 15 is 0 Å². The molecule has 0 saturated heterocycles. The number of hydrogen-bond acceptors (Lipinski definition) is 1. The molecule has 1 aliphatic rings. The van der Waals surface area contributed by atoms with Gasteiger partial charge >= 0.3 is 0 Å². The molecule has 1 aromatic rings. The monoisotopic (exact) mass is 291 g/mol. The maximum absolute atomic E-state index is 13.3. The van der Waals surface area contributed by atoms with Crippen LogP contribution < -0.4 is 0 Å². The molecule has 3 heteroatoms. The van der Waals surface area contributed by atoms with E-state index in [0.29, 0.717) is 5.92 Å². The van der Waals surface area contributed by atoms with Crippen molar-refractivity contribution in [3.05, 3.63) is 28.8 Å². The van der Waals surface area contributed by atoms with Crippen molar-refractivity contribution in [2.75, 3.05) is 4.43 Å². The lowest BCUT2D eigenvalue weighted by atomic mass is 10.1. The number of aryl methyl sites for hydroxylation is 1. The molecule has 1 heterocycles. The van der Waals surface area contributed by atoms with Crippen LogP contribution in [0.2, 0.25) is 0 Å². The summed E-state index contributed by atoms with van der Waals surface area (Å²) in [6.45, 7) is 1.97. The van der Waals surface area contributed by atoms with Crippen molar-refractivity contribution in [2.45, 2.75) is 19.8 Å². The Morgan fingerprint density at radius 3 is 2.85 bits per heavy atom. The van der Waals surface area contributed by atoms with Gasteiger partial charge in [0.15, 0.2) is 0 Å². The summed E-state index contributed by atoms with van der Waals surface area (Å²) in [6, 6.07) is 0. The molecule has 0 unspecified atom stereocenters. The van der Waals surface area contributed by atoms with Gasteiger partial charge in [-0.3, -0.25) is 4.98 Å². The van der Waals surface area contributed by atoms with Crippen LogP contribution in [-0.4, -0.2) is 9.41 Å². The van der Waals surface area contributed by atoms with Gasteiger partial charge in [0.25, 0.3) is 0 Å². The first kappa shape index (κ1) is 9.37. The molecule has 0 aliphatic heterocycles. The molecule has 2 rings (SSSR count). The van der Waals surface area contributed by atoms with E-state index in [4.69, 9.17) is 0 Å². The smallest absolute Gasteiger partial charge is 0.144 e. The number of alkyl halides is 1. The van der Waals surface area contributed by atoms with Crippen LogP contribution in [0.4, 0.5) is 4.39 Å². The van der Waals surface area contributed by atoms with Gasteiger partial charge in [-0.25, -0.2) is 4.39 Å². The lowest BCUT2D eigenvalue weighted by Gasteiger charge is -2.02. The van der Waals surface area contributed by atoms with Gasteiger partial charge < -0.3 is 0 Å². The van der Waals surface area contributed by atoms with E-state index in [2.05, 4.69) is 27.6 Å². The summed E-state index contributed by atoms with van der Waals surface area (Å²) in [5, 5.41) is 0. The Bertz CT molecular complexity index is 307. The van der Waals surface area contributed by atoms with E-state index in [9.17, 15) is 4.39 Å². The van der Waals surface area contributed by atoms with Gasteiger partial charge in [-0.1, -0.05) is 22.6 Å². The third kappa shape index (κ3) is 1.58. The molecule has 0 saturated carbocycles. The van der Waals surface area contributed by atoms with Gasteiger partial charge in [0.1, 0.15) is 5.82 Å². The Balaban J connectivity index is 2.43. The summed E-state index contributed by atoms with van der Waals surface area (Å²) in [5.74, 6) is 0.501. The Kier molecular flexibility index (Phi) is 2.53. The zero-order valence-electron chi connectivity index (χ0n) is 7.48. The lowest BCUT2D eigenvalue weighted by Crippen LogP contribution is -1.99. The highest BCUT2D eigenvalue weighted by atomic mass is 127. The SMILES string of the molecule is Cc1ncc(F)c2c1C[C@@H](CI)C2. The van der Waals surface area contributed by atoms with Crippen LogP contribution in [0.3, 0.4) is 0 Å². The van der Waals surface area contributed by atoms with Gasteiger partial charge in [-0.2, -0.15) is 0 Å². The molecule has 0 bridgehead atoms. The summed E-state index contributed by atoms with van der Waals surface area (Å²) in [5.41, 5.74) is 3.07. The zero-order chi connectivity index (χ0) is 9.42. The molecule has 0 amide bonds. The van der Waals surface area contributed by atoms with Crippen LogP contribution in [0, 0.1) is 18.7 Å². The van der Waals surface area contributed by atoms with Crippen LogP contribution in [0.5, 0.6) is 0 Å².